The predicted octanol–water partition coefficient (Wildman–Crippen LogP) is 6.45. The van der Waals surface area contributed by atoms with E-state index >= 15 is 0 Å². The van der Waals surface area contributed by atoms with Crippen molar-refractivity contribution in [1.29, 1.82) is 0 Å². The molecule has 10 nitrogen and oxygen atoms in total. The van der Waals surface area contributed by atoms with E-state index in [2.05, 4.69) is 33.2 Å². The van der Waals surface area contributed by atoms with Gasteiger partial charge >= 0.3 is 6.03 Å². The fraction of sp³-hybridized carbons (Fsp3) is 0.235. The predicted molar refractivity (Wildman–Crippen MR) is 175 cm³/mol. The number of hydrogen-bond acceptors (Lipinski definition) is 6. The number of carbonyl (C=O) groups is 2. The standard InChI is InChI=1S/C34H37N7O3/c1-4-5-8-25-20-32(41(40-25)26-13-11-23(2)12-14-26)39-34(43)37-29-15-16-30(28-10-7-6-9-27(28)29)44-22-24-17-18-36-31(19-24)38-33(42)21-35-3/h6-7,9-20,35H,4-5,8,21-22H2,1-3H3,(H,36,38,42)(H2,37,39,43). The van der Waals surface area contributed by atoms with Crippen LogP contribution < -0.4 is 26.0 Å². The van der Waals surface area contributed by atoms with Crippen LogP contribution in [0.15, 0.2) is 85.1 Å². The highest BCUT2D eigenvalue weighted by atomic mass is 16.5. The summed E-state index contributed by atoms with van der Waals surface area (Å²) < 4.78 is 7.96. The molecule has 0 saturated heterocycles. The van der Waals surface area contributed by atoms with Crippen LogP contribution >= 0.6 is 0 Å². The van der Waals surface area contributed by atoms with Gasteiger partial charge in [0, 0.05) is 23.0 Å². The third kappa shape index (κ3) is 7.59. The van der Waals surface area contributed by atoms with E-state index in [0.29, 0.717) is 23.1 Å². The minimum absolute atomic E-state index is 0.173. The van der Waals surface area contributed by atoms with Gasteiger partial charge in [0.05, 0.1) is 23.6 Å². The molecule has 0 unspecified atom stereocenters. The fourth-order valence-electron chi connectivity index (χ4n) is 4.80. The van der Waals surface area contributed by atoms with Crippen molar-refractivity contribution in [2.45, 2.75) is 39.7 Å². The highest BCUT2D eigenvalue weighted by molar-refractivity contribution is 6.07. The van der Waals surface area contributed by atoms with E-state index in [9.17, 15) is 9.59 Å². The number of likely N-dealkylation sites (N-methyl/N-ethyl adjacent to an activating group) is 1. The maximum Gasteiger partial charge on any atom is 0.324 e. The molecule has 4 N–H and O–H groups in total. The van der Waals surface area contributed by atoms with Crippen LogP contribution in [0.25, 0.3) is 16.5 Å². The molecule has 226 valence electrons. The van der Waals surface area contributed by atoms with E-state index in [1.54, 1.807) is 24.0 Å². The summed E-state index contributed by atoms with van der Waals surface area (Å²) in [6.07, 6.45) is 4.55. The molecule has 2 aromatic heterocycles. The first kappa shape index (κ1) is 30.2. The molecule has 5 aromatic rings. The first-order chi connectivity index (χ1) is 21.4. The molecular weight excluding hydrogens is 554 g/mol. The first-order valence-corrected chi connectivity index (χ1v) is 14.7. The molecule has 10 heteroatoms. The van der Waals surface area contributed by atoms with Crippen molar-refractivity contribution in [1.82, 2.24) is 20.1 Å². The topological polar surface area (TPSA) is 122 Å². The summed E-state index contributed by atoms with van der Waals surface area (Å²) in [5.74, 6) is 1.55. The van der Waals surface area contributed by atoms with E-state index in [4.69, 9.17) is 9.84 Å². The number of urea groups is 1. The minimum atomic E-state index is -0.372. The number of nitrogens with one attached hydrogen (secondary N) is 4. The molecule has 0 aliphatic carbocycles. The van der Waals surface area contributed by atoms with Crippen molar-refractivity contribution in [2.24, 2.45) is 0 Å². The van der Waals surface area contributed by atoms with Crippen LogP contribution in [0.2, 0.25) is 0 Å². The van der Waals surface area contributed by atoms with Crippen molar-refractivity contribution in [3.63, 3.8) is 0 Å². The van der Waals surface area contributed by atoms with Gasteiger partial charge in [-0.15, -0.1) is 0 Å². The molecule has 0 saturated carbocycles. The third-order valence-corrected chi connectivity index (χ3v) is 7.02. The van der Waals surface area contributed by atoms with E-state index in [-0.39, 0.29) is 25.1 Å². The lowest BCUT2D eigenvalue weighted by Crippen LogP contribution is -2.25. The highest BCUT2D eigenvalue weighted by Crippen LogP contribution is 2.32. The molecule has 5 rings (SSSR count). The smallest absolute Gasteiger partial charge is 0.324 e. The summed E-state index contributed by atoms with van der Waals surface area (Å²) in [7, 11) is 1.71. The van der Waals surface area contributed by atoms with E-state index in [1.165, 1.54) is 0 Å². The fourth-order valence-corrected chi connectivity index (χ4v) is 4.80. The van der Waals surface area contributed by atoms with Crippen molar-refractivity contribution >= 4 is 40.0 Å². The summed E-state index contributed by atoms with van der Waals surface area (Å²) in [6.45, 7) is 4.66. The Morgan fingerprint density at radius 1 is 0.909 bits per heavy atom. The molecule has 2 heterocycles. The maximum atomic E-state index is 13.3. The van der Waals surface area contributed by atoms with Crippen LogP contribution in [0.1, 0.15) is 36.6 Å². The summed E-state index contributed by atoms with van der Waals surface area (Å²) in [5.41, 5.74) is 4.46. The average Bonchev–Trinajstić information content (AvgIpc) is 3.42. The van der Waals surface area contributed by atoms with Gasteiger partial charge in [-0.25, -0.2) is 14.5 Å². The van der Waals surface area contributed by atoms with E-state index in [0.717, 1.165) is 52.5 Å². The number of carbonyl (C=O) groups excluding carboxylic acids is 2. The van der Waals surface area contributed by atoms with Crippen molar-refractivity contribution in [2.75, 3.05) is 29.5 Å². The molecule has 0 aliphatic rings. The Labute approximate surface area is 256 Å². The SMILES string of the molecule is CCCCc1cc(NC(=O)Nc2ccc(OCc3ccnc(NC(=O)CNC)c3)c3ccccc23)n(-c2ccc(C)cc2)n1. The summed E-state index contributed by atoms with van der Waals surface area (Å²) in [5, 5.41) is 18.1. The second kappa shape index (κ2) is 14.3. The van der Waals surface area contributed by atoms with Crippen molar-refractivity contribution in [3.8, 4) is 11.4 Å². The molecule has 0 radical (unpaired) electrons. The van der Waals surface area contributed by atoms with Gasteiger partial charge in [0.2, 0.25) is 5.91 Å². The maximum absolute atomic E-state index is 13.3. The third-order valence-electron chi connectivity index (χ3n) is 7.02. The van der Waals surface area contributed by atoms with Gasteiger partial charge in [0.25, 0.3) is 0 Å². The van der Waals surface area contributed by atoms with Gasteiger partial charge in [0.1, 0.15) is 24.0 Å². The lowest BCUT2D eigenvalue weighted by atomic mass is 10.1. The van der Waals surface area contributed by atoms with Crippen LogP contribution in [0.4, 0.5) is 22.1 Å². The normalized spacial score (nSPS) is 10.9. The summed E-state index contributed by atoms with van der Waals surface area (Å²) in [4.78, 5) is 29.4. The van der Waals surface area contributed by atoms with Crippen LogP contribution in [-0.4, -0.2) is 40.3 Å². The van der Waals surface area contributed by atoms with Gasteiger partial charge in [-0.1, -0.05) is 55.3 Å². The number of aromatic nitrogens is 3. The molecule has 0 bridgehead atoms. The number of fused-ring (bicyclic) bond motifs is 1. The Morgan fingerprint density at radius 2 is 1.70 bits per heavy atom. The molecule has 0 aliphatic heterocycles. The van der Waals surface area contributed by atoms with Crippen LogP contribution in [-0.2, 0) is 17.8 Å². The molecular formula is C34H37N7O3. The summed E-state index contributed by atoms with van der Waals surface area (Å²) in [6, 6.07) is 24.6. The van der Waals surface area contributed by atoms with Crippen LogP contribution in [0, 0.1) is 6.92 Å². The van der Waals surface area contributed by atoms with Gasteiger partial charge in [-0.05, 0) is 68.8 Å². The number of nitrogens with zero attached hydrogens (tertiary/aromatic N) is 3. The number of ether oxygens (including phenoxy) is 1. The van der Waals surface area contributed by atoms with E-state index < -0.39 is 0 Å². The van der Waals surface area contributed by atoms with Gasteiger partial charge in [-0.3, -0.25) is 10.1 Å². The average molecular weight is 592 g/mol. The Morgan fingerprint density at radius 3 is 2.48 bits per heavy atom. The minimum Gasteiger partial charge on any atom is -0.488 e. The second-order valence-electron chi connectivity index (χ2n) is 10.5. The Balaban J connectivity index is 1.31. The number of amides is 3. The zero-order valence-corrected chi connectivity index (χ0v) is 25.2. The van der Waals surface area contributed by atoms with E-state index in [1.807, 2.05) is 79.7 Å². The largest absolute Gasteiger partial charge is 0.488 e. The lowest BCUT2D eigenvalue weighted by Gasteiger charge is -2.15. The van der Waals surface area contributed by atoms with Gasteiger partial charge < -0.3 is 20.7 Å². The number of benzene rings is 3. The number of hydrogen-bond donors (Lipinski definition) is 4. The summed E-state index contributed by atoms with van der Waals surface area (Å²) >= 11 is 0. The highest BCUT2D eigenvalue weighted by Gasteiger charge is 2.15. The van der Waals surface area contributed by atoms with Crippen molar-refractivity contribution < 1.29 is 14.3 Å². The molecule has 3 amide bonds. The van der Waals surface area contributed by atoms with Crippen LogP contribution in [0.3, 0.4) is 0 Å². The molecule has 44 heavy (non-hydrogen) atoms. The second-order valence-corrected chi connectivity index (χ2v) is 10.5. The zero-order valence-electron chi connectivity index (χ0n) is 25.2. The number of aryl methyl sites for hydroxylation is 2. The molecule has 3 aromatic carbocycles. The van der Waals surface area contributed by atoms with Gasteiger partial charge in [-0.2, -0.15) is 5.10 Å². The van der Waals surface area contributed by atoms with Crippen LogP contribution in [0.5, 0.6) is 5.75 Å². The number of unbranched alkanes of at least 4 members (excludes halogenated alkanes) is 1. The van der Waals surface area contributed by atoms with Crippen molar-refractivity contribution in [3.05, 3.63) is 102 Å². The number of pyridine rings is 1. The molecule has 0 fully saturated rings. The Kier molecular flexibility index (Phi) is 9.83. The number of anilines is 3. The monoisotopic (exact) mass is 591 g/mol. The first-order valence-electron chi connectivity index (χ1n) is 14.7. The Hall–Kier alpha value is -5.22. The quantitative estimate of drug-likeness (QED) is 0.132. The zero-order chi connectivity index (χ0) is 30.9. The lowest BCUT2D eigenvalue weighted by molar-refractivity contribution is -0.115. The number of rotatable bonds is 12. The Bertz CT molecular complexity index is 1750. The molecule has 0 atom stereocenters. The van der Waals surface area contributed by atoms with Gasteiger partial charge in [0.15, 0.2) is 0 Å². The molecule has 0 spiro atoms.